The average Bonchev–Trinajstić information content (AvgIpc) is 2.26. The molecule has 1 saturated heterocycles. The molecule has 1 heterocycles. The van der Waals surface area contributed by atoms with Crippen LogP contribution < -0.4 is 11.3 Å². The first kappa shape index (κ1) is 13.8. The quantitative estimate of drug-likeness (QED) is 0.402. The van der Waals surface area contributed by atoms with E-state index in [1.807, 2.05) is 20.8 Å². The van der Waals surface area contributed by atoms with Gasteiger partial charge in [0.25, 0.3) is 0 Å². The van der Waals surface area contributed by atoms with E-state index in [-0.39, 0.29) is 17.9 Å². The van der Waals surface area contributed by atoms with Gasteiger partial charge in [-0.05, 0) is 33.6 Å². The molecule has 1 fully saturated rings. The first-order valence-corrected chi connectivity index (χ1v) is 5.82. The summed E-state index contributed by atoms with van der Waals surface area (Å²) in [5.74, 6) is 4.63. The summed E-state index contributed by atoms with van der Waals surface area (Å²) in [7, 11) is 0. The third kappa shape index (κ3) is 4.22. The highest BCUT2D eigenvalue weighted by Crippen LogP contribution is 2.19. The number of rotatable bonds is 1. The summed E-state index contributed by atoms with van der Waals surface area (Å²) in [5, 5.41) is 0. The molecule has 1 aliphatic heterocycles. The molecule has 0 saturated carbocycles. The van der Waals surface area contributed by atoms with Crippen molar-refractivity contribution >= 4 is 12.0 Å². The van der Waals surface area contributed by atoms with Gasteiger partial charge in [0, 0.05) is 13.1 Å². The fraction of sp³-hybridized carbons (Fsp3) is 0.818. The molecule has 6 heteroatoms. The first-order chi connectivity index (χ1) is 7.83. The second-order valence-corrected chi connectivity index (χ2v) is 5.27. The number of carbonyl (C=O) groups excluding carboxylic acids is 2. The first-order valence-electron chi connectivity index (χ1n) is 5.82. The largest absolute Gasteiger partial charge is 0.444 e. The molecule has 0 spiro atoms. The van der Waals surface area contributed by atoms with Crippen LogP contribution in [0.1, 0.15) is 33.6 Å². The van der Waals surface area contributed by atoms with Crippen LogP contribution in [0.3, 0.4) is 0 Å². The minimum absolute atomic E-state index is 0.224. The smallest absolute Gasteiger partial charge is 0.410 e. The molecule has 0 unspecified atom stereocenters. The zero-order valence-electron chi connectivity index (χ0n) is 10.7. The molecule has 1 atom stereocenters. The predicted octanol–water partition coefficient (Wildman–Crippen LogP) is 0.623. The minimum atomic E-state index is -0.514. The normalized spacial score (nSPS) is 20.9. The molecule has 0 bridgehead atoms. The number of nitrogens with one attached hydrogen (secondary N) is 1. The van der Waals surface area contributed by atoms with Crippen molar-refractivity contribution in [3.8, 4) is 0 Å². The van der Waals surface area contributed by atoms with E-state index >= 15 is 0 Å². The molecule has 1 rings (SSSR count). The van der Waals surface area contributed by atoms with E-state index in [1.54, 1.807) is 4.90 Å². The van der Waals surface area contributed by atoms with Gasteiger partial charge in [-0.25, -0.2) is 10.6 Å². The summed E-state index contributed by atoms with van der Waals surface area (Å²) in [6.45, 7) is 6.46. The van der Waals surface area contributed by atoms with Crippen LogP contribution in [0.15, 0.2) is 0 Å². The van der Waals surface area contributed by atoms with Gasteiger partial charge >= 0.3 is 6.09 Å². The molecule has 0 aliphatic carbocycles. The monoisotopic (exact) mass is 243 g/mol. The Hall–Kier alpha value is -1.30. The minimum Gasteiger partial charge on any atom is -0.444 e. The van der Waals surface area contributed by atoms with Crippen LogP contribution in [-0.4, -0.2) is 35.6 Å². The number of hydrogen-bond donors (Lipinski definition) is 2. The number of nitrogens with two attached hydrogens (primary N) is 1. The van der Waals surface area contributed by atoms with Crippen molar-refractivity contribution in [3.05, 3.63) is 0 Å². The Kier molecular flexibility index (Phi) is 4.34. The van der Waals surface area contributed by atoms with Crippen LogP contribution in [0.2, 0.25) is 0 Å². The van der Waals surface area contributed by atoms with Crippen molar-refractivity contribution in [1.82, 2.24) is 10.3 Å². The molecular formula is C11H21N3O3. The molecule has 1 aliphatic rings. The number of carbonyl (C=O) groups is 2. The van der Waals surface area contributed by atoms with Crippen molar-refractivity contribution in [2.45, 2.75) is 39.2 Å². The van der Waals surface area contributed by atoms with Crippen LogP contribution in [-0.2, 0) is 9.53 Å². The van der Waals surface area contributed by atoms with E-state index in [2.05, 4.69) is 5.43 Å². The van der Waals surface area contributed by atoms with E-state index in [0.717, 1.165) is 12.8 Å². The van der Waals surface area contributed by atoms with Crippen LogP contribution in [0, 0.1) is 5.92 Å². The Balaban J connectivity index is 2.55. The van der Waals surface area contributed by atoms with Gasteiger partial charge in [0.15, 0.2) is 0 Å². The number of nitrogens with zero attached hydrogens (tertiary/aromatic N) is 1. The van der Waals surface area contributed by atoms with Crippen molar-refractivity contribution in [1.29, 1.82) is 0 Å². The third-order valence-corrected chi connectivity index (χ3v) is 2.59. The Morgan fingerprint density at radius 2 is 2.06 bits per heavy atom. The maximum atomic E-state index is 11.8. The van der Waals surface area contributed by atoms with Crippen LogP contribution >= 0.6 is 0 Å². The molecule has 2 amide bonds. The van der Waals surface area contributed by atoms with Gasteiger partial charge in [-0.15, -0.1) is 0 Å². The van der Waals surface area contributed by atoms with Gasteiger partial charge in [-0.1, -0.05) is 0 Å². The highest BCUT2D eigenvalue weighted by molar-refractivity contribution is 5.79. The summed E-state index contributed by atoms with van der Waals surface area (Å²) in [6.07, 6.45) is 1.17. The maximum Gasteiger partial charge on any atom is 0.410 e. The summed E-state index contributed by atoms with van der Waals surface area (Å²) in [5.41, 5.74) is 1.61. The van der Waals surface area contributed by atoms with E-state index in [0.29, 0.717) is 13.1 Å². The van der Waals surface area contributed by atoms with Gasteiger partial charge in [0.05, 0.1) is 5.92 Å². The Labute approximate surface area is 101 Å². The fourth-order valence-corrected chi connectivity index (χ4v) is 1.80. The molecule has 0 aromatic heterocycles. The van der Waals surface area contributed by atoms with E-state index in [9.17, 15) is 9.59 Å². The Morgan fingerprint density at radius 1 is 1.41 bits per heavy atom. The standard InChI is InChI=1S/C11H21N3O3/c1-11(2,3)17-10(16)14-6-4-5-8(7-14)9(15)13-12/h8H,4-7,12H2,1-3H3,(H,13,15)/t8-/m1/s1. The lowest BCUT2D eigenvalue weighted by atomic mass is 9.98. The lowest BCUT2D eigenvalue weighted by molar-refractivity contribution is -0.126. The highest BCUT2D eigenvalue weighted by atomic mass is 16.6. The van der Waals surface area contributed by atoms with Crippen molar-refractivity contribution in [2.75, 3.05) is 13.1 Å². The van der Waals surface area contributed by atoms with Crippen LogP contribution in [0.5, 0.6) is 0 Å². The van der Waals surface area contributed by atoms with E-state index in [1.165, 1.54) is 0 Å². The zero-order chi connectivity index (χ0) is 13.1. The maximum absolute atomic E-state index is 11.8. The lowest BCUT2D eigenvalue weighted by Crippen LogP contribution is -2.48. The molecule has 0 aromatic carbocycles. The SMILES string of the molecule is CC(C)(C)OC(=O)N1CCC[C@@H](C(=O)NN)C1. The van der Waals surface area contributed by atoms with Crippen molar-refractivity contribution in [2.24, 2.45) is 11.8 Å². The second-order valence-electron chi connectivity index (χ2n) is 5.27. The van der Waals surface area contributed by atoms with Crippen LogP contribution in [0.4, 0.5) is 4.79 Å². The molecule has 98 valence electrons. The number of hydrazine groups is 1. The fourth-order valence-electron chi connectivity index (χ4n) is 1.80. The Bertz CT molecular complexity index is 299. The van der Waals surface area contributed by atoms with Crippen LogP contribution in [0.25, 0.3) is 0 Å². The highest BCUT2D eigenvalue weighted by Gasteiger charge is 2.30. The van der Waals surface area contributed by atoms with Gasteiger partial charge in [-0.2, -0.15) is 0 Å². The Morgan fingerprint density at radius 3 is 2.59 bits per heavy atom. The van der Waals surface area contributed by atoms with Gasteiger partial charge in [-0.3, -0.25) is 10.2 Å². The van der Waals surface area contributed by atoms with Gasteiger partial charge < -0.3 is 9.64 Å². The average molecular weight is 243 g/mol. The second kappa shape index (κ2) is 5.35. The lowest BCUT2D eigenvalue weighted by Gasteiger charge is -2.33. The number of ether oxygens (including phenoxy) is 1. The van der Waals surface area contributed by atoms with Crippen molar-refractivity contribution < 1.29 is 14.3 Å². The predicted molar refractivity (Wildman–Crippen MR) is 62.9 cm³/mol. The molecule has 3 N–H and O–H groups in total. The molecule has 6 nitrogen and oxygen atoms in total. The number of amides is 2. The number of likely N-dealkylation sites (tertiary alicyclic amines) is 1. The molecule has 17 heavy (non-hydrogen) atoms. The molecule has 0 aromatic rings. The molecule has 0 radical (unpaired) electrons. The summed E-state index contributed by atoms with van der Waals surface area (Å²) < 4.78 is 5.26. The van der Waals surface area contributed by atoms with E-state index < -0.39 is 5.60 Å². The summed E-state index contributed by atoms with van der Waals surface area (Å²) in [4.78, 5) is 24.8. The third-order valence-electron chi connectivity index (χ3n) is 2.59. The molecular weight excluding hydrogens is 222 g/mol. The zero-order valence-corrected chi connectivity index (χ0v) is 10.7. The van der Waals surface area contributed by atoms with E-state index in [4.69, 9.17) is 10.6 Å². The summed E-state index contributed by atoms with van der Waals surface area (Å²) >= 11 is 0. The topological polar surface area (TPSA) is 84.7 Å². The summed E-state index contributed by atoms with van der Waals surface area (Å²) in [6, 6.07) is 0. The van der Waals surface area contributed by atoms with Crippen molar-refractivity contribution in [3.63, 3.8) is 0 Å². The number of piperidine rings is 1. The van der Waals surface area contributed by atoms with Gasteiger partial charge in [0.2, 0.25) is 5.91 Å². The van der Waals surface area contributed by atoms with Gasteiger partial charge in [0.1, 0.15) is 5.60 Å². The number of hydrogen-bond acceptors (Lipinski definition) is 4.